The second-order valence-corrected chi connectivity index (χ2v) is 8.99. The number of amides is 1. The van der Waals surface area contributed by atoms with E-state index in [-0.39, 0.29) is 11.9 Å². The molecule has 2 aromatic carbocycles. The maximum Gasteiger partial charge on any atom is 0.337 e. The summed E-state index contributed by atoms with van der Waals surface area (Å²) in [6, 6.07) is 14.7. The van der Waals surface area contributed by atoms with Crippen LogP contribution < -0.4 is 14.8 Å². The molecule has 0 aliphatic heterocycles. The van der Waals surface area contributed by atoms with Gasteiger partial charge in [-0.3, -0.25) is 10.1 Å². The third-order valence-corrected chi connectivity index (χ3v) is 6.60. The number of hydrogen-bond acceptors (Lipinski definition) is 7. The van der Waals surface area contributed by atoms with Crippen LogP contribution in [0.2, 0.25) is 0 Å². The Kier molecular flexibility index (Phi) is 7.74. The van der Waals surface area contributed by atoms with Gasteiger partial charge in [-0.25, -0.2) is 9.78 Å². The average molecular weight is 518 g/mol. The summed E-state index contributed by atoms with van der Waals surface area (Å²) in [6.45, 7) is 4.02. The van der Waals surface area contributed by atoms with Crippen molar-refractivity contribution in [2.75, 3.05) is 26.6 Å². The minimum Gasteiger partial charge on any atom is -0.497 e. The van der Waals surface area contributed by atoms with E-state index in [1.807, 2.05) is 31.4 Å². The van der Waals surface area contributed by atoms with Crippen LogP contribution in [0.3, 0.4) is 0 Å². The van der Waals surface area contributed by atoms with Gasteiger partial charge in [-0.2, -0.15) is 0 Å². The van der Waals surface area contributed by atoms with Gasteiger partial charge in [-0.15, -0.1) is 11.3 Å². The Morgan fingerprint density at radius 2 is 1.76 bits per heavy atom. The molecule has 0 saturated heterocycles. The first-order chi connectivity index (χ1) is 17.8. The quantitative estimate of drug-likeness (QED) is 0.239. The molecular formula is C28H27N3O5S. The molecule has 37 heavy (non-hydrogen) atoms. The Morgan fingerprint density at radius 1 is 1.00 bits per heavy atom. The van der Waals surface area contributed by atoms with Gasteiger partial charge < -0.3 is 18.8 Å². The number of aryl methyl sites for hydroxylation is 1. The molecular weight excluding hydrogens is 490 g/mol. The van der Waals surface area contributed by atoms with Crippen LogP contribution in [0.4, 0.5) is 5.13 Å². The van der Waals surface area contributed by atoms with Gasteiger partial charge in [0.25, 0.3) is 0 Å². The number of anilines is 1. The summed E-state index contributed by atoms with van der Waals surface area (Å²) in [5.41, 5.74) is 5.89. The topological polar surface area (TPSA) is 91.7 Å². The molecule has 0 saturated carbocycles. The summed E-state index contributed by atoms with van der Waals surface area (Å²) in [7, 11) is 4.52. The zero-order valence-corrected chi connectivity index (χ0v) is 22.0. The molecule has 4 aromatic rings. The third kappa shape index (κ3) is 5.57. The van der Waals surface area contributed by atoms with E-state index in [1.165, 1.54) is 24.5 Å². The van der Waals surface area contributed by atoms with Crippen molar-refractivity contribution in [1.82, 2.24) is 9.55 Å². The van der Waals surface area contributed by atoms with Crippen molar-refractivity contribution >= 4 is 34.4 Å². The van der Waals surface area contributed by atoms with Crippen LogP contribution in [0.5, 0.6) is 11.5 Å². The lowest BCUT2D eigenvalue weighted by atomic mass is 10.1. The molecule has 190 valence electrons. The second-order valence-electron chi connectivity index (χ2n) is 8.13. The first-order valence-corrected chi connectivity index (χ1v) is 12.3. The van der Waals surface area contributed by atoms with Crippen molar-refractivity contribution < 1.29 is 23.8 Å². The van der Waals surface area contributed by atoms with Crippen LogP contribution in [-0.2, 0) is 9.53 Å². The number of aromatic nitrogens is 2. The number of rotatable bonds is 8. The Bertz CT molecular complexity index is 1470. The highest BCUT2D eigenvalue weighted by atomic mass is 32.1. The smallest absolute Gasteiger partial charge is 0.337 e. The molecule has 0 aliphatic carbocycles. The molecule has 1 amide bonds. The van der Waals surface area contributed by atoms with Crippen molar-refractivity contribution in [3.05, 3.63) is 82.5 Å². The summed E-state index contributed by atoms with van der Waals surface area (Å²) < 4.78 is 17.5. The molecule has 4 rings (SSSR count). The van der Waals surface area contributed by atoms with Crippen LogP contribution in [0.1, 0.15) is 27.3 Å². The van der Waals surface area contributed by atoms with Crippen LogP contribution in [0.25, 0.3) is 23.0 Å². The lowest BCUT2D eigenvalue weighted by Gasteiger charge is -2.10. The van der Waals surface area contributed by atoms with Crippen molar-refractivity contribution in [3.63, 3.8) is 0 Å². The molecule has 0 radical (unpaired) electrons. The minimum atomic E-state index is -0.372. The first-order valence-electron chi connectivity index (χ1n) is 11.4. The maximum atomic E-state index is 12.6. The standard InChI is InChI=1S/C28H27N3O5S/c1-17-14-23(18(2)31(17)21-9-6-19(7-10-21)27(33)36-5)24-16-37-28(29-24)30-26(32)13-8-20-15-22(34-3)11-12-25(20)35-4/h6-16H,1-5H3,(H,29,30,32)/b13-8+. The van der Waals surface area contributed by atoms with Crippen molar-refractivity contribution in [1.29, 1.82) is 0 Å². The maximum absolute atomic E-state index is 12.6. The Hall–Kier alpha value is -4.37. The number of methoxy groups -OCH3 is 3. The van der Waals surface area contributed by atoms with Gasteiger partial charge in [0.2, 0.25) is 5.91 Å². The summed E-state index contributed by atoms with van der Waals surface area (Å²) in [5, 5.41) is 5.23. The molecule has 0 unspecified atom stereocenters. The molecule has 0 spiro atoms. The summed E-state index contributed by atoms with van der Waals surface area (Å²) in [6.07, 6.45) is 3.10. The summed E-state index contributed by atoms with van der Waals surface area (Å²) in [4.78, 5) is 28.9. The minimum absolute atomic E-state index is 0.304. The molecule has 0 aliphatic rings. The molecule has 8 nitrogen and oxygen atoms in total. The number of nitrogens with zero attached hydrogens (tertiary/aromatic N) is 2. The summed E-state index contributed by atoms with van der Waals surface area (Å²) >= 11 is 1.35. The van der Waals surface area contributed by atoms with Crippen LogP contribution in [0.15, 0.2) is 60.0 Å². The van der Waals surface area contributed by atoms with Crippen LogP contribution in [-0.4, -0.2) is 42.8 Å². The van der Waals surface area contributed by atoms with E-state index in [4.69, 9.17) is 14.2 Å². The zero-order chi connectivity index (χ0) is 26.5. The van der Waals surface area contributed by atoms with E-state index in [0.29, 0.717) is 22.2 Å². The third-order valence-electron chi connectivity index (χ3n) is 5.84. The molecule has 0 atom stereocenters. The van der Waals surface area contributed by atoms with Crippen molar-refractivity contribution in [2.45, 2.75) is 13.8 Å². The lowest BCUT2D eigenvalue weighted by Crippen LogP contribution is -2.07. The Morgan fingerprint density at radius 3 is 2.43 bits per heavy atom. The predicted octanol–water partition coefficient (Wildman–Crippen LogP) is 5.67. The first kappa shape index (κ1) is 25.7. The van der Waals surface area contributed by atoms with Gasteiger partial charge in [0.1, 0.15) is 11.5 Å². The fourth-order valence-corrected chi connectivity index (χ4v) is 4.73. The number of esters is 1. The van der Waals surface area contributed by atoms with Gasteiger partial charge in [-0.05, 0) is 68.5 Å². The van der Waals surface area contributed by atoms with Crippen LogP contribution in [0, 0.1) is 13.8 Å². The van der Waals surface area contributed by atoms with Crippen molar-refractivity contribution in [3.8, 4) is 28.4 Å². The van der Waals surface area contributed by atoms with Crippen molar-refractivity contribution in [2.24, 2.45) is 0 Å². The lowest BCUT2D eigenvalue weighted by molar-refractivity contribution is -0.111. The highest BCUT2D eigenvalue weighted by Gasteiger charge is 2.16. The monoisotopic (exact) mass is 517 g/mol. The number of carbonyl (C=O) groups excluding carboxylic acids is 2. The number of thiazole rings is 1. The van der Waals surface area contributed by atoms with E-state index >= 15 is 0 Å². The van der Waals surface area contributed by atoms with E-state index in [2.05, 4.69) is 20.9 Å². The number of benzene rings is 2. The largest absolute Gasteiger partial charge is 0.497 e. The summed E-state index contributed by atoms with van der Waals surface area (Å²) in [5.74, 6) is 0.628. The molecule has 2 aromatic heterocycles. The van der Waals surface area contributed by atoms with E-state index in [0.717, 1.165) is 33.9 Å². The zero-order valence-electron chi connectivity index (χ0n) is 21.2. The molecule has 2 heterocycles. The molecule has 0 bridgehead atoms. The number of hydrogen-bond donors (Lipinski definition) is 1. The predicted molar refractivity (Wildman–Crippen MR) is 145 cm³/mol. The molecule has 9 heteroatoms. The van der Waals surface area contributed by atoms with E-state index in [9.17, 15) is 9.59 Å². The fourth-order valence-electron chi connectivity index (χ4n) is 4.02. The average Bonchev–Trinajstić information content (AvgIpc) is 3.49. The number of ether oxygens (including phenoxy) is 3. The van der Waals surface area contributed by atoms with Gasteiger partial charge in [0.15, 0.2) is 5.13 Å². The van der Waals surface area contributed by atoms with Gasteiger partial charge in [-0.1, -0.05) is 0 Å². The number of carbonyl (C=O) groups is 2. The van der Waals surface area contributed by atoms with Crippen LogP contribution >= 0.6 is 11.3 Å². The highest BCUT2D eigenvalue weighted by molar-refractivity contribution is 7.14. The fraction of sp³-hybridized carbons (Fsp3) is 0.179. The number of nitrogens with one attached hydrogen (secondary N) is 1. The molecule has 1 N–H and O–H groups in total. The second kappa shape index (κ2) is 11.1. The van der Waals surface area contributed by atoms with E-state index in [1.54, 1.807) is 50.6 Å². The van der Waals surface area contributed by atoms with Gasteiger partial charge in [0, 0.05) is 39.7 Å². The van der Waals surface area contributed by atoms with E-state index < -0.39 is 0 Å². The van der Waals surface area contributed by atoms with Gasteiger partial charge in [0.05, 0.1) is 32.6 Å². The highest BCUT2D eigenvalue weighted by Crippen LogP contribution is 2.32. The molecule has 0 fully saturated rings. The normalized spacial score (nSPS) is 10.9. The van der Waals surface area contributed by atoms with Gasteiger partial charge >= 0.3 is 5.97 Å². The Balaban J connectivity index is 1.51. The SMILES string of the molecule is COC(=O)c1ccc(-n2c(C)cc(-c3csc(NC(=O)/C=C/c4cc(OC)ccc4OC)n3)c2C)cc1. The Labute approximate surface area is 219 Å².